The molecular weight excluding hydrogens is 280 g/mol. The maximum Gasteiger partial charge on any atom is 0.333 e. The zero-order chi connectivity index (χ0) is 16.4. The molecule has 22 heavy (non-hydrogen) atoms. The summed E-state index contributed by atoms with van der Waals surface area (Å²) >= 11 is 0. The summed E-state index contributed by atoms with van der Waals surface area (Å²) in [5.41, 5.74) is 0.379. The SMILES string of the molecule is C=C(C)C(=O)OC[C@H]1CCCC[C@@H]1C(=O)OC/C=C/C=C/C. The van der Waals surface area contributed by atoms with Gasteiger partial charge in [0.15, 0.2) is 0 Å². The fourth-order valence-electron chi connectivity index (χ4n) is 2.51. The van der Waals surface area contributed by atoms with E-state index in [1.807, 2.05) is 25.2 Å². The molecule has 1 rings (SSSR count). The maximum absolute atomic E-state index is 12.2. The second-order valence-electron chi connectivity index (χ2n) is 5.61. The molecule has 0 radical (unpaired) electrons. The molecule has 0 bridgehead atoms. The third kappa shape index (κ3) is 6.29. The van der Waals surface area contributed by atoms with Crippen LogP contribution in [0, 0.1) is 11.8 Å². The molecule has 0 aromatic rings. The van der Waals surface area contributed by atoms with E-state index in [9.17, 15) is 9.59 Å². The van der Waals surface area contributed by atoms with Crippen LogP contribution in [0.2, 0.25) is 0 Å². The quantitative estimate of drug-likeness (QED) is 0.410. The van der Waals surface area contributed by atoms with Crippen LogP contribution in [-0.4, -0.2) is 25.2 Å². The summed E-state index contributed by atoms with van der Waals surface area (Å²) in [7, 11) is 0. The molecule has 4 nitrogen and oxygen atoms in total. The minimum Gasteiger partial charge on any atom is -0.462 e. The maximum atomic E-state index is 12.2. The summed E-state index contributed by atoms with van der Waals surface area (Å²) in [5.74, 6) is -0.723. The summed E-state index contributed by atoms with van der Waals surface area (Å²) in [6, 6.07) is 0. The first kappa shape index (κ1) is 18.2. The van der Waals surface area contributed by atoms with Crippen LogP contribution < -0.4 is 0 Å². The highest BCUT2D eigenvalue weighted by Gasteiger charge is 2.32. The van der Waals surface area contributed by atoms with E-state index in [1.54, 1.807) is 13.0 Å². The van der Waals surface area contributed by atoms with Crippen LogP contribution in [0.15, 0.2) is 36.5 Å². The van der Waals surface area contributed by atoms with Gasteiger partial charge in [0.2, 0.25) is 0 Å². The lowest BCUT2D eigenvalue weighted by Gasteiger charge is -2.29. The average molecular weight is 306 g/mol. The Hall–Kier alpha value is -1.84. The molecule has 0 heterocycles. The molecule has 2 atom stereocenters. The van der Waals surface area contributed by atoms with Crippen molar-refractivity contribution in [3.05, 3.63) is 36.5 Å². The average Bonchev–Trinajstić information content (AvgIpc) is 2.52. The first-order chi connectivity index (χ1) is 10.6. The van der Waals surface area contributed by atoms with E-state index in [2.05, 4.69) is 6.58 Å². The minimum absolute atomic E-state index is 0.0454. The third-order valence-electron chi connectivity index (χ3n) is 3.75. The topological polar surface area (TPSA) is 52.6 Å². The van der Waals surface area contributed by atoms with E-state index >= 15 is 0 Å². The third-order valence-corrected chi connectivity index (χ3v) is 3.75. The zero-order valence-electron chi connectivity index (χ0n) is 13.5. The van der Waals surface area contributed by atoms with E-state index in [-0.39, 0.29) is 31.0 Å². The lowest BCUT2D eigenvalue weighted by Crippen LogP contribution is -2.32. The van der Waals surface area contributed by atoms with Crippen LogP contribution in [0.1, 0.15) is 39.5 Å². The van der Waals surface area contributed by atoms with Crippen LogP contribution in [0.25, 0.3) is 0 Å². The largest absolute Gasteiger partial charge is 0.462 e. The van der Waals surface area contributed by atoms with Gasteiger partial charge in [-0.25, -0.2) is 4.79 Å². The van der Waals surface area contributed by atoms with Crippen LogP contribution in [0.5, 0.6) is 0 Å². The van der Waals surface area contributed by atoms with Crippen molar-refractivity contribution in [2.45, 2.75) is 39.5 Å². The summed E-state index contributed by atoms with van der Waals surface area (Å²) in [4.78, 5) is 23.7. The van der Waals surface area contributed by atoms with Crippen molar-refractivity contribution in [2.24, 2.45) is 11.8 Å². The molecule has 122 valence electrons. The second kappa shape index (κ2) is 9.98. The molecule has 0 N–H and O–H groups in total. The Bertz CT molecular complexity index is 448. The summed E-state index contributed by atoms with van der Waals surface area (Å²) in [6.45, 7) is 7.64. The van der Waals surface area contributed by atoms with Crippen molar-refractivity contribution in [1.82, 2.24) is 0 Å². The number of hydrogen-bond acceptors (Lipinski definition) is 4. The fourth-order valence-corrected chi connectivity index (χ4v) is 2.51. The minimum atomic E-state index is -0.396. The van der Waals surface area contributed by atoms with Gasteiger partial charge in [0, 0.05) is 11.5 Å². The van der Waals surface area contributed by atoms with E-state index in [0.717, 1.165) is 25.7 Å². The van der Waals surface area contributed by atoms with E-state index in [0.29, 0.717) is 5.57 Å². The van der Waals surface area contributed by atoms with Gasteiger partial charge in [-0.05, 0) is 32.8 Å². The number of allylic oxidation sites excluding steroid dienone is 3. The highest BCUT2D eigenvalue weighted by molar-refractivity contribution is 5.86. The molecule has 0 unspecified atom stereocenters. The van der Waals surface area contributed by atoms with Crippen molar-refractivity contribution in [2.75, 3.05) is 13.2 Å². The molecule has 0 aromatic carbocycles. The summed E-state index contributed by atoms with van der Waals surface area (Å²) in [6.07, 6.45) is 11.2. The molecular formula is C18H26O4. The molecule has 0 aromatic heterocycles. The number of carbonyl (C=O) groups excluding carboxylic acids is 2. The first-order valence-electron chi connectivity index (χ1n) is 7.83. The zero-order valence-corrected chi connectivity index (χ0v) is 13.5. The Labute approximate surface area is 132 Å². The van der Waals surface area contributed by atoms with Gasteiger partial charge in [-0.15, -0.1) is 0 Å². The molecule has 0 amide bonds. The summed E-state index contributed by atoms with van der Waals surface area (Å²) < 4.78 is 10.5. The van der Waals surface area contributed by atoms with Gasteiger partial charge in [-0.1, -0.05) is 37.6 Å². The molecule has 4 heteroatoms. The van der Waals surface area contributed by atoms with Crippen molar-refractivity contribution in [3.8, 4) is 0 Å². The lowest BCUT2D eigenvalue weighted by molar-refractivity contribution is -0.154. The van der Waals surface area contributed by atoms with E-state index in [4.69, 9.17) is 9.47 Å². The van der Waals surface area contributed by atoms with Crippen LogP contribution in [0.3, 0.4) is 0 Å². The predicted molar refractivity (Wildman–Crippen MR) is 86.1 cm³/mol. The lowest BCUT2D eigenvalue weighted by atomic mass is 9.79. The number of rotatable bonds is 7. The molecule has 1 aliphatic carbocycles. The Morgan fingerprint density at radius 1 is 1.18 bits per heavy atom. The highest BCUT2D eigenvalue weighted by Crippen LogP contribution is 2.31. The van der Waals surface area contributed by atoms with Gasteiger partial charge in [-0.3, -0.25) is 4.79 Å². The first-order valence-corrected chi connectivity index (χ1v) is 7.83. The van der Waals surface area contributed by atoms with Crippen molar-refractivity contribution in [3.63, 3.8) is 0 Å². The Kier molecular flexibility index (Phi) is 8.26. The Morgan fingerprint density at radius 2 is 1.91 bits per heavy atom. The Morgan fingerprint density at radius 3 is 2.59 bits per heavy atom. The Balaban J connectivity index is 2.47. The molecule has 1 saturated carbocycles. The van der Waals surface area contributed by atoms with Crippen molar-refractivity contribution < 1.29 is 19.1 Å². The second-order valence-corrected chi connectivity index (χ2v) is 5.61. The van der Waals surface area contributed by atoms with Gasteiger partial charge in [0.25, 0.3) is 0 Å². The highest BCUT2D eigenvalue weighted by atomic mass is 16.5. The van der Waals surface area contributed by atoms with Crippen LogP contribution >= 0.6 is 0 Å². The van der Waals surface area contributed by atoms with Gasteiger partial charge < -0.3 is 9.47 Å². The predicted octanol–water partition coefficient (Wildman–Crippen LogP) is 3.59. The number of hydrogen-bond donors (Lipinski definition) is 0. The van der Waals surface area contributed by atoms with E-state index in [1.165, 1.54) is 0 Å². The standard InChI is InChI=1S/C18H26O4/c1-4-5-6-9-12-21-18(20)16-11-8-7-10-15(16)13-22-17(19)14(2)3/h4-6,9,15-16H,2,7-8,10-13H2,1,3H3/b5-4+,9-6+/t15-,16+/m1/s1. The van der Waals surface area contributed by atoms with Crippen LogP contribution in [0.4, 0.5) is 0 Å². The van der Waals surface area contributed by atoms with Gasteiger partial charge in [0.1, 0.15) is 6.61 Å². The number of carbonyl (C=O) groups is 2. The fraction of sp³-hybridized carbons (Fsp3) is 0.556. The smallest absolute Gasteiger partial charge is 0.333 e. The molecule has 0 spiro atoms. The van der Waals surface area contributed by atoms with Crippen LogP contribution in [-0.2, 0) is 19.1 Å². The van der Waals surface area contributed by atoms with Crippen molar-refractivity contribution >= 4 is 11.9 Å². The van der Waals surface area contributed by atoms with Gasteiger partial charge in [-0.2, -0.15) is 0 Å². The van der Waals surface area contributed by atoms with Crippen molar-refractivity contribution in [1.29, 1.82) is 0 Å². The van der Waals surface area contributed by atoms with E-state index < -0.39 is 5.97 Å². The monoisotopic (exact) mass is 306 g/mol. The normalized spacial score (nSPS) is 21.9. The van der Waals surface area contributed by atoms with Gasteiger partial charge in [0.05, 0.1) is 12.5 Å². The summed E-state index contributed by atoms with van der Waals surface area (Å²) in [5, 5.41) is 0. The number of esters is 2. The molecule has 1 aliphatic rings. The number of ether oxygens (including phenoxy) is 2. The molecule has 0 saturated heterocycles. The molecule has 0 aliphatic heterocycles. The molecule has 1 fully saturated rings. The van der Waals surface area contributed by atoms with Gasteiger partial charge >= 0.3 is 11.9 Å².